The molecule has 0 atom stereocenters. The Hall–Kier alpha value is -2.70. The van der Waals surface area contributed by atoms with Gasteiger partial charge in [-0.3, -0.25) is 4.98 Å². The lowest BCUT2D eigenvalue weighted by atomic mass is 10.00. The Labute approximate surface area is 146 Å². The summed E-state index contributed by atoms with van der Waals surface area (Å²) in [5, 5.41) is 16.8. The van der Waals surface area contributed by atoms with Gasteiger partial charge in [0.2, 0.25) is 0 Å². The Morgan fingerprint density at radius 1 is 1.16 bits per heavy atom. The second-order valence-corrected chi connectivity index (χ2v) is 7.13. The topological polar surface area (TPSA) is 71.2 Å². The third-order valence-corrected chi connectivity index (χ3v) is 4.99. The standard InChI is InChI=1S/C18H21N7/c1-12-8-15(6-7-19-12)20-9-13-10-24(11-13)17-5-4-16-21-22-18(14-2-3-14)25(16)23-17/h4-8,13-14H,2-3,9-11H2,1H3,(H,19,20). The molecule has 3 aromatic heterocycles. The van der Waals surface area contributed by atoms with Gasteiger partial charge in [-0.1, -0.05) is 0 Å². The summed E-state index contributed by atoms with van der Waals surface area (Å²) in [5.41, 5.74) is 3.03. The molecule has 0 amide bonds. The zero-order valence-corrected chi connectivity index (χ0v) is 14.3. The number of nitrogens with one attached hydrogen (secondary N) is 1. The van der Waals surface area contributed by atoms with Crippen molar-refractivity contribution in [2.45, 2.75) is 25.7 Å². The van der Waals surface area contributed by atoms with Crippen LogP contribution in [0.15, 0.2) is 30.5 Å². The largest absolute Gasteiger partial charge is 0.385 e. The molecule has 1 aliphatic carbocycles. The third kappa shape index (κ3) is 2.79. The van der Waals surface area contributed by atoms with Crippen molar-refractivity contribution < 1.29 is 0 Å². The predicted molar refractivity (Wildman–Crippen MR) is 95.9 cm³/mol. The SMILES string of the molecule is Cc1cc(NCC2CN(c3ccc4nnc(C5CC5)n4n3)C2)ccn1. The summed E-state index contributed by atoms with van der Waals surface area (Å²) in [6, 6.07) is 8.17. The van der Waals surface area contributed by atoms with Crippen molar-refractivity contribution in [2.75, 3.05) is 29.9 Å². The van der Waals surface area contributed by atoms with E-state index in [1.807, 2.05) is 29.8 Å². The Kier molecular flexibility index (Phi) is 3.33. The van der Waals surface area contributed by atoms with Gasteiger partial charge >= 0.3 is 0 Å². The third-order valence-electron chi connectivity index (χ3n) is 4.99. The van der Waals surface area contributed by atoms with Crippen molar-refractivity contribution in [3.05, 3.63) is 42.0 Å². The molecule has 1 saturated carbocycles. The summed E-state index contributed by atoms with van der Waals surface area (Å²) in [5.74, 6) is 3.22. The van der Waals surface area contributed by atoms with Crippen molar-refractivity contribution in [1.82, 2.24) is 24.8 Å². The molecule has 0 radical (unpaired) electrons. The van der Waals surface area contributed by atoms with E-state index in [4.69, 9.17) is 5.10 Å². The number of aryl methyl sites for hydroxylation is 1. The summed E-state index contributed by atoms with van der Waals surface area (Å²) in [7, 11) is 0. The number of hydrogen-bond donors (Lipinski definition) is 1. The van der Waals surface area contributed by atoms with E-state index in [-0.39, 0.29) is 0 Å². The van der Waals surface area contributed by atoms with E-state index in [0.717, 1.165) is 48.3 Å². The van der Waals surface area contributed by atoms with Crippen LogP contribution < -0.4 is 10.2 Å². The maximum absolute atomic E-state index is 4.77. The number of nitrogens with zero attached hydrogens (tertiary/aromatic N) is 6. The minimum Gasteiger partial charge on any atom is -0.385 e. The first-order valence-electron chi connectivity index (χ1n) is 8.90. The molecule has 0 aromatic carbocycles. The minimum atomic E-state index is 0.551. The maximum atomic E-state index is 4.77. The fraction of sp³-hybridized carbons (Fsp3) is 0.444. The second kappa shape index (κ2) is 5.68. The van der Waals surface area contributed by atoms with E-state index in [2.05, 4.69) is 37.5 Å². The molecule has 0 spiro atoms. The van der Waals surface area contributed by atoms with Gasteiger partial charge in [0, 0.05) is 49.0 Å². The van der Waals surface area contributed by atoms with Crippen LogP contribution in [0, 0.1) is 12.8 Å². The zero-order chi connectivity index (χ0) is 16.8. The van der Waals surface area contributed by atoms with Crippen LogP contribution in [0.4, 0.5) is 11.5 Å². The van der Waals surface area contributed by atoms with E-state index < -0.39 is 0 Å². The summed E-state index contributed by atoms with van der Waals surface area (Å²) in [6.07, 6.45) is 4.26. The van der Waals surface area contributed by atoms with Gasteiger partial charge in [0.1, 0.15) is 5.82 Å². The number of rotatable bonds is 5. The van der Waals surface area contributed by atoms with Crippen LogP contribution in [0.1, 0.15) is 30.3 Å². The van der Waals surface area contributed by atoms with E-state index in [1.165, 1.54) is 12.8 Å². The molecule has 2 aliphatic rings. The molecule has 25 heavy (non-hydrogen) atoms. The molecule has 3 aromatic rings. The number of pyridine rings is 1. The highest BCUT2D eigenvalue weighted by Gasteiger charge is 2.31. The van der Waals surface area contributed by atoms with Crippen LogP contribution in [-0.4, -0.2) is 44.4 Å². The molecule has 7 heteroatoms. The first-order valence-corrected chi connectivity index (χ1v) is 8.90. The molecular weight excluding hydrogens is 314 g/mol. The van der Waals surface area contributed by atoms with Crippen molar-refractivity contribution in [1.29, 1.82) is 0 Å². The van der Waals surface area contributed by atoms with E-state index in [0.29, 0.717) is 11.8 Å². The summed E-state index contributed by atoms with van der Waals surface area (Å²) >= 11 is 0. The van der Waals surface area contributed by atoms with Gasteiger partial charge in [-0.2, -0.15) is 4.52 Å². The fourth-order valence-corrected chi connectivity index (χ4v) is 3.36. The molecule has 1 N–H and O–H groups in total. The zero-order valence-electron chi connectivity index (χ0n) is 14.3. The molecule has 7 nitrogen and oxygen atoms in total. The first-order chi connectivity index (χ1) is 12.3. The van der Waals surface area contributed by atoms with E-state index >= 15 is 0 Å². The lowest BCUT2D eigenvalue weighted by molar-refractivity contribution is 0.425. The Morgan fingerprint density at radius 2 is 2.04 bits per heavy atom. The van der Waals surface area contributed by atoms with Gasteiger partial charge in [-0.05, 0) is 44.0 Å². The van der Waals surface area contributed by atoms with Crippen LogP contribution in [0.3, 0.4) is 0 Å². The van der Waals surface area contributed by atoms with E-state index in [1.54, 1.807) is 0 Å². The monoisotopic (exact) mass is 335 g/mol. The average Bonchev–Trinajstić information content (AvgIpc) is 3.33. The summed E-state index contributed by atoms with van der Waals surface area (Å²) in [6.45, 7) is 5.04. The van der Waals surface area contributed by atoms with Crippen LogP contribution in [-0.2, 0) is 0 Å². The highest BCUT2D eigenvalue weighted by Crippen LogP contribution is 2.38. The van der Waals surface area contributed by atoms with Crippen molar-refractivity contribution in [3.8, 4) is 0 Å². The second-order valence-electron chi connectivity index (χ2n) is 7.13. The summed E-state index contributed by atoms with van der Waals surface area (Å²) in [4.78, 5) is 6.55. The number of hydrogen-bond acceptors (Lipinski definition) is 6. The predicted octanol–water partition coefficient (Wildman–Crippen LogP) is 2.25. The van der Waals surface area contributed by atoms with Gasteiger partial charge in [0.05, 0.1) is 0 Å². The minimum absolute atomic E-state index is 0.551. The quantitative estimate of drug-likeness (QED) is 0.771. The Balaban J connectivity index is 1.23. The van der Waals surface area contributed by atoms with Crippen LogP contribution in [0.5, 0.6) is 0 Å². The molecule has 1 aliphatic heterocycles. The van der Waals surface area contributed by atoms with Crippen LogP contribution >= 0.6 is 0 Å². The molecule has 1 saturated heterocycles. The first kappa shape index (κ1) is 14.6. The lowest BCUT2D eigenvalue weighted by Crippen LogP contribution is -2.50. The van der Waals surface area contributed by atoms with Crippen molar-refractivity contribution in [3.63, 3.8) is 0 Å². The average molecular weight is 335 g/mol. The molecule has 4 heterocycles. The van der Waals surface area contributed by atoms with Gasteiger partial charge in [0.25, 0.3) is 0 Å². The van der Waals surface area contributed by atoms with Gasteiger partial charge in [-0.15, -0.1) is 15.3 Å². The van der Waals surface area contributed by atoms with E-state index in [9.17, 15) is 0 Å². The molecule has 128 valence electrons. The van der Waals surface area contributed by atoms with Crippen LogP contribution in [0.2, 0.25) is 0 Å². The number of fused-ring (bicyclic) bond motifs is 1. The maximum Gasteiger partial charge on any atom is 0.178 e. The highest BCUT2D eigenvalue weighted by molar-refractivity contribution is 5.48. The highest BCUT2D eigenvalue weighted by atomic mass is 15.4. The number of anilines is 2. The Bertz CT molecular complexity index is 909. The molecule has 5 rings (SSSR count). The summed E-state index contributed by atoms with van der Waals surface area (Å²) < 4.78 is 1.93. The number of aromatic nitrogens is 5. The lowest BCUT2D eigenvalue weighted by Gasteiger charge is -2.40. The van der Waals surface area contributed by atoms with Gasteiger partial charge in [-0.25, -0.2) is 0 Å². The molecule has 0 unspecified atom stereocenters. The fourth-order valence-electron chi connectivity index (χ4n) is 3.36. The molecule has 2 fully saturated rings. The van der Waals surface area contributed by atoms with Gasteiger partial charge in [0.15, 0.2) is 11.5 Å². The van der Waals surface area contributed by atoms with Gasteiger partial charge < -0.3 is 10.2 Å². The van der Waals surface area contributed by atoms with Crippen molar-refractivity contribution in [2.24, 2.45) is 5.92 Å². The van der Waals surface area contributed by atoms with Crippen molar-refractivity contribution >= 4 is 17.2 Å². The smallest absolute Gasteiger partial charge is 0.178 e. The van der Waals surface area contributed by atoms with Crippen LogP contribution in [0.25, 0.3) is 5.65 Å². The molecule has 0 bridgehead atoms. The molecular formula is C18H21N7. The Morgan fingerprint density at radius 3 is 2.84 bits per heavy atom. The normalized spacial score (nSPS) is 17.7.